The minimum Gasteiger partial charge on any atom is -0.464 e. The first-order chi connectivity index (χ1) is 12.5. The highest BCUT2D eigenvalue weighted by atomic mass is 16.6. The number of benzene rings is 1. The number of alkyl carbamates (subject to hydrolysis) is 1. The van der Waals surface area contributed by atoms with Crippen molar-refractivity contribution in [3.63, 3.8) is 0 Å². The molecular formula is C20H24N2O5. The number of H-pyrrole nitrogens is 1. The zero-order valence-corrected chi connectivity index (χ0v) is 16.4. The van der Waals surface area contributed by atoms with Crippen LogP contribution in [0.5, 0.6) is 0 Å². The number of methoxy groups -OCH3 is 1. The summed E-state index contributed by atoms with van der Waals surface area (Å²) in [6, 6.07) is 5.48. The van der Waals surface area contributed by atoms with E-state index >= 15 is 0 Å². The molecule has 0 saturated heterocycles. The Hall–Kier alpha value is -3.09. The number of esters is 1. The van der Waals surface area contributed by atoms with Crippen molar-refractivity contribution >= 4 is 29.0 Å². The van der Waals surface area contributed by atoms with E-state index in [1.54, 1.807) is 26.8 Å². The fraction of sp³-hybridized carbons (Fsp3) is 0.350. The summed E-state index contributed by atoms with van der Waals surface area (Å²) in [4.78, 5) is 39.2. The highest BCUT2D eigenvalue weighted by Gasteiger charge is 2.20. The number of aromatic amines is 1. The number of rotatable bonds is 3. The Kier molecular flexibility index (Phi) is 5.73. The Morgan fingerprint density at radius 2 is 1.74 bits per heavy atom. The van der Waals surface area contributed by atoms with Crippen LogP contribution in [0.15, 0.2) is 28.7 Å². The number of amides is 1. The average molecular weight is 372 g/mol. The molecule has 1 aromatic heterocycles. The van der Waals surface area contributed by atoms with Gasteiger partial charge in [0.2, 0.25) is 0 Å². The van der Waals surface area contributed by atoms with Gasteiger partial charge in [0.05, 0.1) is 7.11 Å². The molecule has 0 unspecified atom stereocenters. The number of aromatic nitrogens is 1. The van der Waals surface area contributed by atoms with Gasteiger partial charge in [-0.2, -0.15) is 0 Å². The lowest BCUT2D eigenvalue weighted by Crippen LogP contribution is -2.34. The standard InChI is InChI=1S/C20H24N2O5/c1-11-7-13-9-14(17(23)21-15(13)8-12(11)2)10-16(18(24)26-6)22-19(25)27-20(3,4)5/h7-10H,1-6H3,(H,21,23)(H,22,25)/b16-10-. The van der Waals surface area contributed by atoms with Crippen molar-refractivity contribution in [2.24, 2.45) is 0 Å². The summed E-state index contributed by atoms with van der Waals surface area (Å²) < 4.78 is 9.83. The fourth-order valence-electron chi connectivity index (χ4n) is 2.43. The third kappa shape index (κ3) is 5.20. The van der Waals surface area contributed by atoms with Gasteiger partial charge in [0, 0.05) is 11.1 Å². The van der Waals surface area contributed by atoms with E-state index in [1.807, 2.05) is 26.0 Å². The smallest absolute Gasteiger partial charge is 0.412 e. The molecule has 1 heterocycles. The van der Waals surface area contributed by atoms with Gasteiger partial charge in [-0.15, -0.1) is 0 Å². The molecule has 144 valence electrons. The number of nitrogens with one attached hydrogen (secondary N) is 2. The minimum atomic E-state index is -0.817. The van der Waals surface area contributed by atoms with Crippen LogP contribution in [0.1, 0.15) is 37.5 Å². The van der Waals surface area contributed by atoms with Crippen LogP contribution in [0.4, 0.5) is 4.79 Å². The summed E-state index contributed by atoms with van der Waals surface area (Å²) in [6.45, 7) is 9.03. The van der Waals surface area contributed by atoms with E-state index < -0.39 is 23.2 Å². The maximum absolute atomic E-state index is 12.4. The maximum Gasteiger partial charge on any atom is 0.412 e. The summed E-state index contributed by atoms with van der Waals surface area (Å²) in [5, 5.41) is 3.15. The number of fused-ring (bicyclic) bond motifs is 1. The monoisotopic (exact) mass is 372 g/mol. The molecule has 0 aliphatic rings. The molecule has 7 nitrogen and oxygen atoms in total. The quantitative estimate of drug-likeness (QED) is 0.637. The average Bonchev–Trinajstić information content (AvgIpc) is 2.54. The van der Waals surface area contributed by atoms with Gasteiger partial charge in [0.25, 0.3) is 5.56 Å². The van der Waals surface area contributed by atoms with E-state index in [-0.39, 0.29) is 11.3 Å². The van der Waals surface area contributed by atoms with E-state index in [2.05, 4.69) is 15.0 Å². The van der Waals surface area contributed by atoms with Crippen LogP contribution < -0.4 is 10.9 Å². The molecule has 0 fully saturated rings. The second-order valence-electron chi connectivity index (χ2n) is 7.25. The number of aryl methyl sites for hydroxylation is 2. The van der Waals surface area contributed by atoms with Gasteiger partial charge < -0.3 is 14.5 Å². The largest absolute Gasteiger partial charge is 0.464 e. The number of pyridine rings is 1. The SMILES string of the molecule is COC(=O)/C(=C/c1cc2cc(C)c(C)cc2[nH]c1=O)NC(=O)OC(C)(C)C. The van der Waals surface area contributed by atoms with Crippen LogP contribution in [-0.2, 0) is 14.3 Å². The van der Waals surface area contributed by atoms with E-state index in [9.17, 15) is 14.4 Å². The lowest BCUT2D eigenvalue weighted by atomic mass is 10.0. The zero-order chi connectivity index (χ0) is 20.4. The molecule has 0 atom stereocenters. The summed E-state index contributed by atoms with van der Waals surface area (Å²) in [5.41, 5.74) is 1.72. The van der Waals surface area contributed by atoms with Crippen LogP contribution in [0.3, 0.4) is 0 Å². The van der Waals surface area contributed by atoms with E-state index in [0.717, 1.165) is 16.5 Å². The van der Waals surface area contributed by atoms with Crippen LogP contribution in [0.2, 0.25) is 0 Å². The molecule has 0 saturated carbocycles. The highest BCUT2D eigenvalue weighted by Crippen LogP contribution is 2.18. The second-order valence-corrected chi connectivity index (χ2v) is 7.25. The molecule has 0 aliphatic heterocycles. The first kappa shape index (κ1) is 20.2. The van der Waals surface area contributed by atoms with E-state index in [4.69, 9.17) is 4.74 Å². The predicted molar refractivity (Wildman–Crippen MR) is 103 cm³/mol. The number of hydrogen-bond acceptors (Lipinski definition) is 5. The molecular weight excluding hydrogens is 348 g/mol. The molecule has 0 radical (unpaired) electrons. The third-order valence-electron chi connectivity index (χ3n) is 3.83. The van der Waals surface area contributed by atoms with Crippen molar-refractivity contribution in [2.75, 3.05) is 7.11 Å². The molecule has 2 aromatic rings. The Morgan fingerprint density at radius 1 is 1.11 bits per heavy atom. The second kappa shape index (κ2) is 7.65. The summed E-state index contributed by atoms with van der Waals surface area (Å²) in [7, 11) is 1.18. The topological polar surface area (TPSA) is 97.5 Å². The number of carbonyl (C=O) groups excluding carboxylic acids is 2. The van der Waals surface area contributed by atoms with E-state index in [0.29, 0.717) is 5.52 Å². The van der Waals surface area contributed by atoms with Gasteiger partial charge in [-0.05, 0) is 75.4 Å². The maximum atomic E-state index is 12.4. The van der Waals surface area contributed by atoms with Crippen molar-refractivity contribution in [1.29, 1.82) is 0 Å². The third-order valence-corrected chi connectivity index (χ3v) is 3.83. The van der Waals surface area contributed by atoms with Crippen molar-refractivity contribution < 1.29 is 19.1 Å². The summed E-state index contributed by atoms with van der Waals surface area (Å²) >= 11 is 0. The van der Waals surface area contributed by atoms with Gasteiger partial charge in [0.1, 0.15) is 11.3 Å². The lowest BCUT2D eigenvalue weighted by molar-refractivity contribution is -0.136. The first-order valence-electron chi connectivity index (χ1n) is 8.44. The normalized spacial score (nSPS) is 12.0. The summed E-state index contributed by atoms with van der Waals surface area (Å²) in [5.74, 6) is -0.791. The molecule has 0 spiro atoms. The Bertz CT molecular complexity index is 980. The van der Waals surface area contributed by atoms with Gasteiger partial charge in [0.15, 0.2) is 0 Å². The Morgan fingerprint density at radius 3 is 2.33 bits per heavy atom. The minimum absolute atomic E-state index is 0.194. The number of carbonyl (C=O) groups is 2. The predicted octanol–water partition coefficient (Wildman–Crippen LogP) is 3.18. The van der Waals surface area contributed by atoms with Crippen molar-refractivity contribution in [3.8, 4) is 0 Å². The van der Waals surface area contributed by atoms with Gasteiger partial charge >= 0.3 is 12.1 Å². The van der Waals surface area contributed by atoms with Gasteiger partial charge in [-0.1, -0.05) is 0 Å². The molecule has 1 amide bonds. The number of hydrogen-bond donors (Lipinski definition) is 2. The van der Waals surface area contributed by atoms with Gasteiger partial charge in [-0.3, -0.25) is 10.1 Å². The Balaban J connectivity index is 2.48. The Labute approximate surface area is 157 Å². The first-order valence-corrected chi connectivity index (χ1v) is 8.44. The van der Waals surface area contributed by atoms with Crippen LogP contribution >= 0.6 is 0 Å². The summed E-state index contributed by atoms with van der Waals surface area (Å²) in [6.07, 6.45) is 0.450. The van der Waals surface area contributed by atoms with E-state index in [1.165, 1.54) is 13.2 Å². The van der Waals surface area contributed by atoms with Crippen LogP contribution in [-0.4, -0.2) is 29.8 Å². The molecule has 0 aliphatic carbocycles. The van der Waals surface area contributed by atoms with Crippen LogP contribution in [0.25, 0.3) is 17.0 Å². The lowest BCUT2D eigenvalue weighted by Gasteiger charge is -2.20. The molecule has 2 N–H and O–H groups in total. The molecule has 0 bridgehead atoms. The van der Waals surface area contributed by atoms with Crippen LogP contribution in [0, 0.1) is 13.8 Å². The number of ether oxygens (including phenoxy) is 2. The molecule has 7 heteroatoms. The highest BCUT2D eigenvalue weighted by molar-refractivity contribution is 5.97. The van der Waals surface area contributed by atoms with Crippen molar-refractivity contribution in [1.82, 2.24) is 10.3 Å². The fourth-order valence-corrected chi connectivity index (χ4v) is 2.43. The van der Waals surface area contributed by atoms with Crippen molar-refractivity contribution in [2.45, 2.75) is 40.2 Å². The zero-order valence-electron chi connectivity index (χ0n) is 16.4. The van der Waals surface area contributed by atoms with Gasteiger partial charge in [-0.25, -0.2) is 9.59 Å². The molecule has 27 heavy (non-hydrogen) atoms. The molecule has 2 rings (SSSR count). The van der Waals surface area contributed by atoms with Crippen molar-refractivity contribution in [3.05, 3.63) is 50.9 Å². The molecule has 1 aromatic carbocycles.